The van der Waals surface area contributed by atoms with Gasteiger partial charge >= 0.3 is 6.18 Å². The van der Waals surface area contributed by atoms with Crippen molar-refractivity contribution in [1.29, 1.82) is 0 Å². The summed E-state index contributed by atoms with van der Waals surface area (Å²) >= 11 is 0. The van der Waals surface area contributed by atoms with Crippen LogP contribution in [0.25, 0.3) is 0 Å². The van der Waals surface area contributed by atoms with E-state index in [1.54, 1.807) is 48.5 Å². The Bertz CT molecular complexity index is 1420. The standard InChI is InChI=1S/C29H23F3O2S/c30-29(31,32)24-16-10-11-21(19-24)20-26-27(22-12-4-1-5-13-22)28(26,23-14-6-2-7-15-23)35(33,34)25-17-8-3-9-18-25/h1-19,26-27H,20H2/t26-,27+,28+/m1/s1. The minimum Gasteiger partial charge on any atom is -0.223 e. The van der Waals surface area contributed by atoms with Gasteiger partial charge < -0.3 is 0 Å². The van der Waals surface area contributed by atoms with Crippen molar-refractivity contribution >= 4 is 9.84 Å². The van der Waals surface area contributed by atoms with Gasteiger partial charge in [-0.1, -0.05) is 97.1 Å². The fraction of sp³-hybridized carbons (Fsp3) is 0.172. The molecule has 0 unspecified atom stereocenters. The number of alkyl halides is 3. The lowest BCUT2D eigenvalue weighted by molar-refractivity contribution is -0.137. The molecule has 1 aliphatic rings. The van der Waals surface area contributed by atoms with Gasteiger partial charge in [-0.2, -0.15) is 13.2 Å². The Labute approximate surface area is 203 Å². The summed E-state index contributed by atoms with van der Waals surface area (Å²) in [6, 6.07) is 31.9. The van der Waals surface area contributed by atoms with E-state index in [4.69, 9.17) is 0 Å². The predicted octanol–water partition coefficient (Wildman–Crippen LogP) is 7.03. The van der Waals surface area contributed by atoms with E-state index < -0.39 is 38.2 Å². The highest BCUT2D eigenvalue weighted by Gasteiger charge is 2.73. The average molecular weight is 493 g/mol. The Balaban J connectivity index is 1.70. The predicted molar refractivity (Wildman–Crippen MR) is 130 cm³/mol. The summed E-state index contributed by atoms with van der Waals surface area (Å²) in [7, 11) is -3.91. The zero-order valence-electron chi connectivity index (χ0n) is 18.7. The van der Waals surface area contributed by atoms with E-state index in [2.05, 4.69) is 0 Å². The lowest BCUT2D eigenvalue weighted by atomic mass is 10.0. The minimum atomic E-state index is -4.47. The molecule has 35 heavy (non-hydrogen) atoms. The van der Waals surface area contributed by atoms with Gasteiger partial charge in [0.1, 0.15) is 4.75 Å². The average Bonchev–Trinajstić information content (AvgIpc) is 3.55. The molecular formula is C29H23F3O2S. The van der Waals surface area contributed by atoms with Crippen molar-refractivity contribution in [3.05, 3.63) is 138 Å². The molecule has 0 aliphatic heterocycles. The smallest absolute Gasteiger partial charge is 0.223 e. The molecule has 0 bridgehead atoms. The third-order valence-corrected chi connectivity index (χ3v) is 9.47. The number of rotatable bonds is 6. The molecule has 0 heterocycles. The van der Waals surface area contributed by atoms with E-state index in [0.717, 1.165) is 17.7 Å². The third kappa shape index (κ3) is 3.96. The van der Waals surface area contributed by atoms with Gasteiger partial charge in [-0.05, 0) is 47.2 Å². The maximum atomic E-state index is 14.3. The van der Waals surface area contributed by atoms with Crippen LogP contribution in [0.5, 0.6) is 0 Å². The fourth-order valence-electron chi connectivity index (χ4n) is 5.38. The summed E-state index contributed by atoms with van der Waals surface area (Å²) in [5.41, 5.74) is 1.23. The van der Waals surface area contributed by atoms with Crippen LogP contribution in [0, 0.1) is 5.92 Å². The Morgan fingerprint density at radius 2 is 1.29 bits per heavy atom. The summed E-state index contributed by atoms with van der Waals surface area (Å²) in [6.45, 7) is 0. The first kappa shape index (κ1) is 23.4. The minimum absolute atomic E-state index is 0.199. The van der Waals surface area contributed by atoms with Crippen molar-refractivity contribution in [3.63, 3.8) is 0 Å². The van der Waals surface area contributed by atoms with Gasteiger partial charge in [0.25, 0.3) is 0 Å². The van der Waals surface area contributed by atoms with E-state index in [1.807, 2.05) is 48.5 Å². The highest BCUT2D eigenvalue weighted by molar-refractivity contribution is 7.92. The van der Waals surface area contributed by atoms with Crippen LogP contribution in [0.3, 0.4) is 0 Å². The van der Waals surface area contributed by atoms with Gasteiger partial charge in [0.15, 0.2) is 9.84 Å². The number of benzene rings is 4. The monoisotopic (exact) mass is 492 g/mol. The second-order valence-electron chi connectivity index (χ2n) is 8.87. The van der Waals surface area contributed by atoms with Crippen molar-refractivity contribution in [1.82, 2.24) is 0 Å². The number of hydrogen-bond donors (Lipinski definition) is 0. The molecule has 178 valence electrons. The molecule has 6 heteroatoms. The Morgan fingerprint density at radius 3 is 1.89 bits per heavy atom. The quantitative estimate of drug-likeness (QED) is 0.290. The lowest BCUT2D eigenvalue weighted by Crippen LogP contribution is -2.26. The van der Waals surface area contributed by atoms with E-state index >= 15 is 0 Å². The van der Waals surface area contributed by atoms with Gasteiger partial charge in [0.2, 0.25) is 0 Å². The maximum absolute atomic E-state index is 14.3. The fourth-order valence-corrected chi connectivity index (χ4v) is 7.92. The van der Waals surface area contributed by atoms with Crippen molar-refractivity contribution in [3.8, 4) is 0 Å². The van der Waals surface area contributed by atoms with E-state index in [0.29, 0.717) is 11.1 Å². The van der Waals surface area contributed by atoms with Crippen LogP contribution in [-0.2, 0) is 27.2 Å². The molecule has 1 aliphatic carbocycles. The van der Waals surface area contributed by atoms with Crippen molar-refractivity contribution in [2.24, 2.45) is 5.92 Å². The second-order valence-corrected chi connectivity index (χ2v) is 11.0. The Morgan fingerprint density at radius 1 is 0.714 bits per heavy atom. The van der Waals surface area contributed by atoms with Crippen LogP contribution >= 0.6 is 0 Å². The maximum Gasteiger partial charge on any atom is 0.416 e. The van der Waals surface area contributed by atoms with Gasteiger partial charge in [-0.15, -0.1) is 0 Å². The lowest BCUT2D eigenvalue weighted by Gasteiger charge is -2.21. The number of halogens is 3. The van der Waals surface area contributed by atoms with Crippen LogP contribution < -0.4 is 0 Å². The molecule has 5 rings (SSSR count). The van der Waals surface area contributed by atoms with Gasteiger partial charge in [0, 0.05) is 5.92 Å². The van der Waals surface area contributed by atoms with Crippen LogP contribution in [0.2, 0.25) is 0 Å². The topological polar surface area (TPSA) is 34.1 Å². The van der Waals surface area contributed by atoms with Crippen LogP contribution in [0.1, 0.15) is 28.2 Å². The highest BCUT2D eigenvalue weighted by Crippen LogP contribution is 2.70. The molecule has 0 N–H and O–H groups in total. The molecule has 1 fully saturated rings. The van der Waals surface area contributed by atoms with E-state index in [-0.39, 0.29) is 11.3 Å². The molecule has 0 saturated heterocycles. The first-order valence-corrected chi connectivity index (χ1v) is 12.8. The van der Waals surface area contributed by atoms with Crippen LogP contribution in [-0.4, -0.2) is 8.42 Å². The summed E-state index contributed by atoms with van der Waals surface area (Å²) in [5.74, 6) is -0.855. The molecule has 4 aromatic carbocycles. The van der Waals surface area contributed by atoms with Gasteiger partial charge in [-0.3, -0.25) is 0 Å². The molecule has 0 radical (unpaired) electrons. The summed E-state index contributed by atoms with van der Waals surface area (Å²) in [4.78, 5) is 0.205. The zero-order valence-corrected chi connectivity index (χ0v) is 19.5. The van der Waals surface area contributed by atoms with Crippen molar-refractivity contribution in [2.75, 3.05) is 0 Å². The van der Waals surface area contributed by atoms with E-state index in [1.165, 1.54) is 6.07 Å². The van der Waals surface area contributed by atoms with Crippen LogP contribution in [0.15, 0.2) is 120 Å². The van der Waals surface area contributed by atoms with Gasteiger partial charge in [0.05, 0.1) is 10.5 Å². The van der Waals surface area contributed by atoms with E-state index in [9.17, 15) is 21.6 Å². The molecule has 0 spiro atoms. The van der Waals surface area contributed by atoms with Crippen molar-refractivity contribution < 1.29 is 21.6 Å². The van der Waals surface area contributed by atoms with Crippen molar-refractivity contribution in [2.45, 2.75) is 28.2 Å². The van der Waals surface area contributed by atoms with Gasteiger partial charge in [-0.25, -0.2) is 8.42 Å². The first-order chi connectivity index (χ1) is 16.8. The normalized spacial score (nSPS) is 22.0. The molecule has 1 saturated carbocycles. The SMILES string of the molecule is O=S(=O)(c1ccccc1)[C@@]1(c2ccccc2)[C@H](Cc2cccc(C(F)(F)F)c2)[C@@H]1c1ccccc1. The summed E-state index contributed by atoms with van der Waals surface area (Å²) in [6.07, 6.45) is -4.27. The van der Waals surface area contributed by atoms with Crippen LogP contribution in [0.4, 0.5) is 13.2 Å². The zero-order chi connectivity index (χ0) is 24.7. The second kappa shape index (κ2) is 8.68. The largest absolute Gasteiger partial charge is 0.416 e. The third-order valence-electron chi connectivity index (χ3n) is 6.90. The summed E-state index contributed by atoms with van der Waals surface area (Å²) < 4.78 is 67.6. The first-order valence-electron chi connectivity index (χ1n) is 11.3. The number of sulfone groups is 1. The number of hydrogen-bond acceptors (Lipinski definition) is 2. The molecular weight excluding hydrogens is 469 g/mol. The molecule has 4 aromatic rings. The molecule has 0 aromatic heterocycles. The molecule has 2 nitrogen and oxygen atoms in total. The molecule has 0 amide bonds. The Hall–Kier alpha value is -3.38. The Kier molecular flexibility index (Phi) is 5.80. The molecule has 3 atom stereocenters. The summed E-state index contributed by atoms with van der Waals surface area (Å²) in [5, 5.41) is 0. The highest BCUT2D eigenvalue weighted by atomic mass is 32.2.